The molecule has 1 aliphatic rings. The maximum absolute atomic E-state index is 12.0. The molecule has 0 radical (unpaired) electrons. The van der Waals surface area contributed by atoms with Crippen LogP contribution in [-0.4, -0.2) is 24.0 Å². The zero-order chi connectivity index (χ0) is 17.0. The highest BCUT2D eigenvalue weighted by atomic mass is 16.1. The van der Waals surface area contributed by atoms with Crippen LogP contribution in [0, 0.1) is 24.2 Å². The van der Waals surface area contributed by atoms with Crippen molar-refractivity contribution in [2.45, 2.75) is 53.4 Å². The SMILES string of the molecule is CCC#Cc1cnc(N2CCCC(C)(C)CC2)c(C(N)=O)c1C. The molecule has 1 aromatic heterocycles. The van der Waals surface area contributed by atoms with Crippen molar-refractivity contribution in [1.82, 2.24) is 4.98 Å². The van der Waals surface area contributed by atoms with E-state index in [0.717, 1.165) is 49.3 Å². The van der Waals surface area contributed by atoms with Crippen LogP contribution < -0.4 is 10.6 Å². The summed E-state index contributed by atoms with van der Waals surface area (Å²) in [5.41, 5.74) is 8.15. The van der Waals surface area contributed by atoms with Crippen LogP contribution in [0.1, 0.15) is 67.9 Å². The van der Waals surface area contributed by atoms with Crippen molar-refractivity contribution in [2.24, 2.45) is 11.1 Å². The molecule has 1 saturated heterocycles. The predicted molar refractivity (Wildman–Crippen MR) is 94.5 cm³/mol. The minimum Gasteiger partial charge on any atom is -0.365 e. The second-order valence-electron chi connectivity index (χ2n) is 7.02. The van der Waals surface area contributed by atoms with Gasteiger partial charge >= 0.3 is 0 Å². The number of rotatable bonds is 2. The monoisotopic (exact) mass is 313 g/mol. The molecule has 0 spiro atoms. The number of hydrogen-bond donors (Lipinski definition) is 1. The molecule has 2 rings (SSSR count). The Kier molecular flexibility index (Phi) is 5.30. The Labute approximate surface area is 139 Å². The van der Waals surface area contributed by atoms with E-state index in [1.54, 1.807) is 6.20 Å². The fourth-order valence-corrected chi connectivity index (χ4v) is 3.07. The van der Waals surface area contributed by atoms with Gasteiger partial charge in [-0.2, -0.15) is 0 Å². The van der Waals surface area contributed by atoms with Crippen molar-refractivity contribution < 1.29 is 4.79 Å². The van der Waals surface area contributed by atoms with Crippen molar-refractivity contribution in [3.05, 3.63) is 22.9 Å². The van der Waals surface area contributed by atoms with Gasteiger partial charge in [-0.3, -0.25) is 4.79 Å². The van der Waals surface area contributed by atoms with E-state index in [0.29, 0.717) is 11.0 Å². The predicted octanol–water partition coefficient (Wildman–Crippen LogP) is 3.27. The lowest BCUT2D eigenvalue weighted by Gasteiger charge is -2.26. The second-order valence-corrected chi connectivity index (χ2v) is 7.02. The second kappa shape index (κ2) is 7.04. The molecule has 0 atom stereocenters. The number of anilines is 1. The first kappa shape index (κ1) is 17.3. The highest BCUT2D eigenvalue weighted by Gasteiger charge is 2.26. The average molecular weight is 313 g/mol. The zero-order valence-corrected chi connectivity index (χ0v) is 14.7. The van der Waals surface area contributed by atoms with Crippen LogP contribution in [0.25, 0.3) is 0 Å². The number of carbonyl (C=O) groups is 1. The van der Waals surface area contributed by atoms with Crippen molar-refractivity contribution in [1.29, 1.82) is 0 Å². The van der Waals surface area contributed by atoms with E-state index in [1.807, 2.05) is 13.8 Å². The van der Waals surface area contributed by atoms with Gasteiger partial charge in [0.2, 0.25) is 0 Å². The molecule has 4 nitrogen and oxygen atoms in total. The largest absolute Gasteiger partial charge is 0.365 e. The van der Waals surface area contributed by atoms with Crippen LogP contribution >= 0.6 is 0 Å². The van der Waals surface area contributed by atoms with Crippen molar-refractivity contribution in [3.63, 3.8) is 0 Å². The molecule has 1 amide bonds. The van der Waals surface area contributed by atoms with Gasteiger partial charge in [0.05, 0.1) is 5.56 Å². The van der Waals surface area contributed by atoms with Crippen molar-refractivity contribution in [3.8, 4) is 11.8 Å². The summed E-state index contributed by atoms with van der Waals surface area (Å²) in [5.74, 6) is 6.41. The summed E-state index contributed by atoms with van der Waals surface area (Å²) in [6, 6.07) is 0. The lowest BCUT2D eigenvalue weighted by molar-refractivity contribution is 0.1000. The van der Waals surface area contributed by atoms with Gasteiger partial charge in [-0.25, -0.2) is 4.98 Å². The number of amides is 1. The lowest BCUT2D eigenvalue weighted by Crippen LogP contribution is -2.30. The summed E-state index contributed by atoms with van der Waals surface area (Å²) in [7, 11) is 0. The molecule has 124 valence electrons. The van der Waals surface area contributed by atoms with E-state index in [4.69, 9.17) is 5.73 Å². The number of aromatic nitrogens is 1. The molecule has 0 aromatic carbocycles. The summed E-state index contributed by atoms with van der Waals surface area (Å²) < 4.78 is 0. The molecular formula is C19H27N3O. The molecule has 0 unspecified atom stereocenters. The average Bonchev–Trinajstić information content (AvgIpc) is 2.66. The third-order valence-electron chi connectivity index (χ3n) is 4.60. The Morgan fingerprint density at radius 1 is 1.39 bits per heavy atom. The van der Waals surface area contributed by atoms with Crippen molar-refractivity contribution in [2.75, 3.05) is 18.0 Å². The molecule has 2 heterocycles. The quantitative estimate of drug-likeness (QED) is 0.853. The number of carbonyl (C=O) groups excluding carboxylic acids is 1. The number of primary amides is 1. The number of nitrogens with zero attached hydrogens (tertiary/aromatic N) is 2. The molecule has 1 fully saturated rings. The Morgan fingerprint density at radius 2 is 2.13 bits per heavy atom. The normalized spacial score (nSPS) is 17.1. The Morgan fingerprint density at radius 3 is 2.78 bits per heavy atom. The maximum atomic E-state index is 12.0. The number of pyridine rings is 1. The standard InChI is InChI=1S/C19H27N3O/c1-5-6-8-15-13-21-18(16(14(15)2)17(20)23)22-11-7-9-19(3,4)10-12-22/h13H,5,7,9-12H2,1-4H3,(H2,20,23). The van der Waals surface area contributed by atoms with Gasteiger partial charge < -0.3 is 10.6 Å². The smallest absolute Gasteiger partial charge is 0.252 e. The molecule has 0 saturated carbocycles. The van der Waals surface area contributed by atoms with Crippen LogP contribution in [0.15, 0.2) is 6.20 Å². The van der Waals surface area contributed by atoms with Gasteiger partial charge in [-0.05, 0) is 37.2 Å². The summed E-state index contributed by atoms with van der Waals surface area (Å²) in [6.07, 6.45) is 5.92. The Bertz CT molecular complexity index is 653. The van der Waals surface area contributed by atoms with Crippen LogP contribution in [0.2, 0.25) is 0 Å². The topological polar surface area (TPSA) is 59.2 Å². The summed E-state index contributed by atoms with van der Waals surface area (Å²) in [5, 5.41) is 0. The first-order valence-corrected chi connectivity index (χ1v) is 8.39. The minimum absolute atomic E-state index is 0.337. The number of nitrogens with two attached hydrogens (primary N) is 1. The summed E-state index contributed by atoms with van der Waals surface area (Å²) >= 11 is 0. The first-order valence-electron chi connectivity index (χ1n) is 8.39. The van der Waals surface area contributed by atoms with E-state index >= 15 is 0 Å². The van der Waals surface area contributed by atoms with Crippen LogP contribution in [0.3, 0.4) is 0 Å². The number of hydrogen-bond acceptors (Lipinski definition) is 3. The van der Waals surface area contributed by atoms with E-state index < -0.39 is 5.91 Å². The molecule has 0 aliphatic carbocycles. The minimum atomic E-state index is -0.423. The zero-order valence-electron chi connectivity index (χ0n) is 14.7. The van der Waals surface area contributed by atoms with E-state index in [1.165, 1.54) is 6.42 Å². The molecule has 2 N–H and O–H groups in total. The van der Waals surface area contributed by atoms with Crippen LogP contribution in [0.5, 0.6) is 0 Å². The molecule has 0 bridgehead atoms. The first-order chi connectivity index (χ1) is 10.9. The summed E-state index contributed by atoms with van der Waals surface area (Å²) in [4.78, 5) is 18.8. The highest BCUT2D eigenvalue weighted by Crippen LogP contribution is 2.32. The van der Waals surface area contributed by atoms with Crippen LogP contribution in [-0.2, 0) is 0 Å². The third-order valence-corrected chi connectivity index (χ3v) is 4.60. The van der Waals surface area contributed by atoms with Crippen molar-refractivity contribution >= 4 is 11.7 Å². The maximum Gasteiger partial charge on any atom is 0.252 e. The third kappa shape index (κ3) is 4.04. The van der Waals surface area contributed by atoms with Gasteiger partial charge in [0, 0.05) is 31.3 Å². The van der Waals surface area contributed by atoms with Gasteiger partial charge in [0.1, 0.15) is 5.82 Å². The van der Waals surface area contributed by atoms with E-state index in [2.05, 4.69) is 35.6 Å². The molecule has 4 heteroatoms. The fourth-order valence-electron chi connectivity index (χ4n) is 3.07. The fraction of sp³-hybridized carbons (Fsp3) is 0.579. The van der Waals surface area contributed by atoms with Crippen LogP contribution in [0.4, 0.5) is 5.82 Å². The van der Waals surface area contributed by atoms with E-state index in [9.17, 15) is 4.79 Å². The van der Waals surface area contributed by atoms with E-state index in [-0.39, 0.29) is 0 Å². The molecule has 1 aliphatic heterocycles. The summed E-state index contributed by atoms with van der Waals surface area (Å²) in [6.45, 7) is 10.3. The molecule has 23 heavy (non-hydrogen) atoms. The Balaban J connectivity index is 2.42. The van der Waals surface area contributed by atoms with Gasteiger partial charge in [0.15, 0.2) is 0 Å². The lowest BCUT2D eigenvalue weighted by atomic mass is 9.85. The van der Waals surface area contributed by atoms with Gasteiger partial charge in [-0.15, -0.1) is 0 Å². The highest BCUT2D eigenvalue weighted by molar-refractivity contribution is 5.99. The molecule has 1 aromatic rings. The Hall–Kier alpha value is -2.02. The van der Waals surface area contributed by atoms with Gasteiger partial charge in [-0.1, -0.05) is 32.6 Å². The van der Waals surface area contributed by atoms with Gasteiger partial charge in [0.25, 0.3) is 5.91 Å². The molecular weight excluding hydrogens is 286 g/mol.